The highest BCUT2D eigenvalue weighted by Crippen LogP contribution is 2.31. The molecule has 0 rings (SSSR count). The number of esters is 3. The van der Waals surface area contributed by atoms with Gasteiger partial charge >= 0.3 is 26.5 Å². The lowest BCUT2D eigenvalue weighted by atomic mass is 9.81. The topological polar surface area (TPSA) is 133 Å². The Labute approximate surface area is 310 Å². The summed E-state index contributed by atoms with van der Waals surface area (Å²) in [6, 6.07) is 1.77. The minimum absolute atomic E-state index is 0.0378. The van der Waals surface area contributed by atoms with Gasteiger partial charge in [0, 0.05) is 43.3 Å². The highest BCUT2D eigenvalue weighted by molar-refractivity contribution is 6.87. The molecule has 0 radical (unpaired) electrons. The Balaban J connectivity index is 5.00. The summed E-state index contributed by atoms with van der Waals surface area (Å²) in [7, 11) is -6.64. The van der Waals surface area contributed by atoms with E-state index in [1.807, 2.05) is 13.8 Å². The number of allylic oxidation sites excluding steroid dienone is 1. The van der Waals surface area contributed by atoms with E-state index in [2.05, 4.69) is 65.6 Å². The number of carbonyl (C=O) groups is 4. The molecular formula is C37H66O11Si3. The van der Waals surface area contributed by atoms with Crippen molar-refractivity contribution in [3.63, 3.8) is 0 Å². The molecule has 11 nitrogen and oxygen atoms in total. The first-order valence-corrected chi connectivity index (χ1v) is 26.9. The highest BCUT2D eigenvalue weighted by atomic mass is 28.5. The molecule has 0 aromatic carbocycles. The largest absolute Gasteiger partial charge is 0.462 e. The lowest BCUT2D eigenvalue weighted by Crippen LogP contribution is -2.52. The maximum Gasteiger partial charge on any atom is 0.330 e. The van der Waals surface area contributed by atoms with Gasteiger partial charge in [0.25, 0.3) is 0 Å². The van der Waals surface area contributed by atoms with Crippen LogP contribution < -0.4 is 0 Å². The number of hydrogen-bond acceptors (Lipinski definition) is 11. The van der Waals surface area contributed by atoms with E-state index in [-0.39, 0.29) is 32.2 Å². The fourth-order valence-electron chi connectivity index (χ4n) is 5.57. The molecule has 0 bridgehead atoms. The van der Waals surface area contributed by atoms with Gasteiger partial charge in [-0.25, -0.2) is 14.4 Å². The van der Waals surface area contributed by atoms with Crippen LogP contribution in [0.4, 0.5) is 0 Å². The summed E-state index contributed by atoms with van der Waals surface area (Å²) >= 11 is 0. The zero-order valence-corrected chi connectivity index (χ0v) is 35.7. The maximum atomic E-state index is 11.9. The van der Waals surface area contributed by atoms with E-state index in [4.69, 9.17) is 31.9 Å². The van der Waals surface area contributed by atoms with Crippen molar-refractivity contribution in [2.45, 2.75) is 104 Å². The number of ketones is 1. The van der Waals surface area contributed by atoms with Gasteiger partial charge < -0.3 is 31.9 Å². The maximum absolute atomic E-state index is 11.9. The molecule has 0 aliphatic carbocycles. The molecule has 0 spiro atoms. The van der Waals surface area contributed by atoms with Gasteiger partial charge in [-0.3, -0.25) is 4.79 Å². The van der Waals surface area contributed by atoms with E-state index in [0.29, 0.717) is 45.5 Å². The van der Waals surface area contributed by atoms with Gasteiger partial charge in [-0.1, -0.05) is 40.2 Å². The van der Waals surface area contributed by atoms with Crippen LogP contribution in [-0.4, -0.2) is 95.1 Å². The predicted molar refractivity (Wildman–Crippen MR) is 208 cm³/mol. The third kappa shape index (κ3) is 21.6. The van der Waals surface area contributed by atoms with Crippen LogP contribution in [0.25, 0.3) is 0 Å². The molecule has 51 heavy (non-hydrogen) atoms. The van der Waals surface area contributed by atoms with Crippen LogP contribution in [0.15, 0.2) is 50.6 Å². The SMILES string of the molecule is C=CC(=O)CCC(CC)(COCCC[Si](C)(C)O[Si](C)(C)O[Si](C)(C)CCCOCC(CC)(COC(=O)C=C)COC(=O)C=C)COC(=O)C=C. The first-order chi connectivity index (χ1) is 23.8. The minimum Gasteiger partial charge on any atom is -0.462 e. The Morgan fingerprint density at radius 2 is 0.941 bits per heavy atom. The molecule has 0 aliphatic heterocycles. The third-order valence-corrected chi connectivity index (χ3v) is 20.2. The van der Waals surface area contributed by atoms with Gasteiger partial charge in [0.15, 0.2) is 22.4 Å². The Bertz CT molecular complexity index is 1020. The second-order valence-electron chi connectivity index (χ2n) is 14.7. The van der Waals surface area contributed by atoms with Crippen LogP contribution in [0.2, 0.25) is 51.4 Å². The van der Waals surface area contributed by atoms with Crippen molar-refractivity contribution in [3.8, 4) is 0 Å². The van der Waals surface area contributed by atoms with E-state index in [0.717, 1.165) is 43.2 Å². The number of rotatable bonds is 31. The van der Waals surface area contributed by atoms with E-state index in [9.17, 15) is 19.2 Å². The van der Waals surface area contributed by atoms with Crippen LogP contribution in [0.5, 0.6) is 0 Å². The minimum atomic E-state index is -2.45. The van der Waals surface area contributed by atoms with Gasteiger partial charge in [0.1, 0.15) is 13.2 Å². The van der Waals surface area contributed by atoms with E-state index in [1.54, 1.807) is 0 Å². The Hall–Kier alpha value is -2.47. The van der Waals surface area contributed by atoms with Crippen LogP contribution in [0.3, 0.4) is 0 Å². The molecule has 14 heteroatoms. The summed E-state index contributed by atoms with van der Waals surface area (Å²) < 4.78 is 41.7. The zero-order valence-electron chi connectivity index (χ0n) is 32.7. The summed E-state index contributed by atoms with van der Waals surface area (Å²) in [4.78, 5) is 47.1. The van der Waals surface area contributed by atoms with Crippen molar-refractivity contribution in [2.75, 3.05) is 46.2 Å². The smallest absolute Gasteiger partial charge is 0.330 e. The molecule has 0 heterocycles. The number of ether oxygens (including phenoxy) is 5. The van der Waals surface area contributed by atoms with Gasteiger partial charge in [0.05, 0.1) is 25.2 Å². The summed E-state index contributed by atoms with van der Waals surface area (Å²) in [5.41, 5.74) is -1.15. The Kier molecular flexibility index (Phi) is 22.8. The predicted octanol–water partition coefficient (Wildman–Crippen LogP) is 7.46. The normalized spacial score (nSPS) is 13.4. The second kappa shape index (κ2) is 24.0. The summed E-state index contributed by atoms with van der Waals surface area (Å²) in [6.07, 6.45) is 8.36. The molecular weight excluding hydrogens is 705 g/mol. The van der Waals surface area contributed by atoms with Crippen molar-refractivity contribution in [2.24, 2.45) is 10.8 Å². The Morgan fingerprint density at radius 3 is 1.29 bits per heavy atom. The van der Waals surface area contributed by atoms with Crippen molar-refractivity contribution >= 4 is 48.9 Å². The van der Waals surface area contributed by atoms with Crippen LogP contribution >= 0.6 is 0 Å². The monoisotopic (exact) mass is 770 g/mol. The molecule has 0 saturated heterocycles. The number of hydrogen-bond donors (Lipinski definition) is 0. The quantitative estimate of drug-likeness (QED) is 0.0229. The van der Waals surface area contributed by atoms with Crippen molar-refractivity contribution in [1.29, 1.82) is 0 Å². The fourth-order valence-corrected chi connectivity index (χ4v) is 19.6. The fraction of sp³-hybridized carbons (Fsp3) is 0.676. The summed E-state index contributed by atoms with van der Waals surface area (Å²) in [6.45, 7) is 32.7. The molecule has 0 saturated carbocycles. The molecule has 0 aromatic rings. The van der Waals surface area contributed by atoms with Gasteiger partial charge in [0.2, 0.25) is 0 Å². The first-order valence-electron chi connectivity index (χ1n) is 17.9. The molecule has 0 aliphatic rings. The molecule has 0 N–H and O–H groups in total. The molecule has 1 atom stereocenters. The average molecular weight is 771 g/mol. The standard InChI is InChI=1S/C37H66O11Si3/c1-13-32(38)21-22-36(17-5,29-44-33(39)14-2)27-42-23-19-25-49(7,8)47-51(11,12)48-50(9,10)26-20-24-43-28-37(18-6,30-45-34(40)15-3)31-46-35(41)16-4/h13-16H,1-4,17-31H2,5-12H3. The zero-order chi connectivity index (χ0) is 39.2. The third-order valence-electron chi connectivity index (χ3n) is 8.69. The van der Waals surface area contributed by atoms with Crippen molar-refractivity contribution < 1.29 is 51.1 Å². The van der Waals surface area contributed by atoms with Crippen molar-refractivity contribution in [3.05, 3.63) is 50.6 Å². The van der Waals surface area contributed by atoms with E-state index in [1.165, 1.54) is 6.08 Å². The van der Waals surface area contributed by atoms with Crippen LogP contribution in [0.1, 0.15) is 52.4 Å². The summed E-state index contributed by atoms with van der Waals surface area (Å²) in [5.74, 6) is -1.64. The van der Waals surface area contributed by atoms with Crippen LogP contribution in [0, 0.1) is 10.8 Å². The molecule has 0 amide bonds. The van der Waals surface area contributed by atoms with Gasteiger partial charge in [-0.2, -0.15) is 0 Å². The molecule has 292 valence electrons. The average Bonchev–Trinajstić information content (AvgIpc) is 3.07. The lowest BCUT2D eigenvalue weighted by molar-refractivity contribution is -0.152. The lowest BCUT2D eigenvalue weighted by Gasteiger charge is -2.39. The number of carbonyl (C=O) groups excluding carboxylic acids is 4. The van der Waals surface area contributed by atoms with Gasteiger partial charge in [-0.05, 0) is 89.6 Å². The van der Waals surface area contributed by atoms with Gasteiger partial charge in [-0.15, -0.1) is 0 Å². The van der Waals surface area contributed by atoms with E-state index < -0.39 is 53.9 Å². The van der Waals surface area contributed by atoms with Crippen LogP contribution in [-0.2, 0) is 51.1 Å². The molecule has 0 aromatic heterocycles. The first kappa shape index (κ1) is 48.5. The van der Waals surface area contributed by atoms with Crippen molar-refractivity contribution in [1.82, 2.24) is 0 Å². The molecule has 0 fully saturated rings. The highest BCUT2D eigenvalue weighted by Gasteiger charge is 2.39. The Morgan fingerprint density at radius 1 is 0.569 bits per heavy atom. The summed E-state index contributed by atoms with van der Waals surface area (Å²) in [5, 5.41) is 0. The molecule has 1 unspecified atom stereocenters. The van der Waals surface area contributed by atoms with E-state index >= 15 is 0 Å². The second-order valence-corrected chi connectivity index (χ2v) is 27.2.